The predicted molar refractivity (Wildman–Crippen MR) is 107 cm³/mol. The quantitative estimate of drug-likeness (QED) is 0.724. The first-order chi connectivity index (χ1) is 13.5. The fraction of sp³-hybridized carbons (Fsp3) is 0.316. The molecule has 1 aliphatic rings. The van der Waals surface area contributed by atoms with Gasteiger partial charge in [-0.15, -0.1) is 0 Å². The molecule has 0 spiro atoms. The van der Waals surface area contributed by atoms with E-state index in [9.17, 15) is 13.2 Å². The van der Waals surface area contributed by atoms with Gasteiger partial charge in [0.25, 0.3) is 5.91 Å². The van der Waals surface area contributed by atoms with Gasteiger partial charge in [-0.1, -0.05) is 22.6 Å². The lowest BCUT2D eigenvalue weighted by molar-refractivity contribution is -0.113. The third-order valence-electron chi connectivity index (χ3n) is 4.43. The smallest absolute Gasteiger partial charge is 0.319 e. The van der Waals surface area contributed by atoms with Gasteiger partial charge < -0.3 is 9.80 Å². The summed E-state index contributed by atoms with van der Waals surface area (Å²) in [5.74, 6) is 0.0207. The van der Waals surface area contributed by atoms with Crippen LogP contribution in [0, 0.1) is 0 Å². The third-order valence-corrected chi connectivity index (χ3v) is 4.76. The second kappa shape index (κ2) is 9.34. The van der Waals surface area contributed by atoms with E-state index in [0.29, 0.717) is 0 Å². The molecule has 1 aliphatic heterocycles. The molecule has 0 atom stereocenters. The second-order valence-corrected chi connectivity index (χ2v) is 7.13. The minimum absolute atomic E-state index is 0.737. The molecule has 0 bridgehead atoms. The van der Waals surface area contributed by atoms with Crippen molar-refractivity contribution in [3.05, 3.63) is 48.3 Å². The summed E-state index contributed by atoms with van der Waals surface area (Å²) in [7, 11) is -0.626. The van der Waals surface area contributed by atoms with Gasteiger partial charge in [-0.25, -0.2) is 4.98 Å². The Morgan fingerprint density at radius 2 is 2.04 bits per heavy atom. The van der Waals surface area contributed by atoms with Crippen molar-refractivity contribution in [2.75, 3.05) is 38.1 Å². The average Bonchev–Trinajstić information content (AvgIpc) is 2.91. The molecule has 2 aromatic rings. The maximum atomic E-state index is 11.4. The summed E-state index contributed by atoms with van der Waals surface area (Å²) in [6.45, 7) is 3.91. The molecule has 1 fully saturated rings. The Kier molecular flexibility index (Phi) is 6.62. The van der Waals surface area contributed by atoms with Crippen LogP contribution in [0.3, 0.4) is 0 Å². The van der Waals surface area contributed by atoms with Crippen molar-refractivity contribution in [3.63, 3.8) is 0 Å². The number of likely N-dealkylation sites (N-methyl/N-ethyl adjacent to an activating group) is 1. The first-order valence-electron chi connectivity index (χ1n) is 8.90. The largest absolute Gasteiger partial charge is 0.354 e. The molecular weight excluding hydrogens is 378 g/mol. The summed E-state index contributed by atoms with van der Waals surface area (Å²) in [6.07, 6.45) is 7.20. The first kappa shape index (κ1) is 19.8. The fourth-order valence-corrected chi connectivity index (χ4v) is 3.20. The van der Waals surface area contributed by atoms with Gasteiger partial charge in [0, 0.05) is 31.3 Å². The topological polar surface area (TPSA) is 95.8 Å². The van der Waals surface area contributed by atoms with Gasteiger partial charge in [-0.05, 0) is 37.7 Å². The Bertz CT molecular complexity index is 1010. The van der Waals surface area contributed by atoms with Crippen molar-refractivity contribution >= 4 is 28.3 Å². The number of anilines is 1. The lowest BCUT2D eigenvalue weighted by Crippen LogP contribution is -2.29. The molecule has 9 heteroatoms. The Balaban J connectivity index is 1.81. The summed E-state index contributed by atoms with van der Waals surface area (Å²) in [5, 5.41) is 0. The van der Waals surface area contributed by atoms with Crippen molar-refractivity contribution in [3.8, 4) is 11.3 Å². The number of carbonyl (C=O) groups excluding carboxylic acids is 1. The zero-order chi connectivity index (χ0) is 19.9. The summed E-state index contributed by atoms with van der Waals surface area (Å²) in [4.78, 5) is 25.0. The van der Waals surface area contributed by atoms with Gasteiger partial charge in [0.2, 0.25) is 0 Å². The van der Waals surface area contributed by atoms with Crippen LogP contribution < -0.4 is 4.90 Å². The molecule has 0 N–H and O–H groups in total. The van der Waals surface area contributed by atoms with Crippen LogP contribution in [-0.2, 0) is 15.3 Å². The molecule has 3 rings (SSSR count). The highest BCUT2D eigenvalue weighted by atomic mass is 32.2. The zero-order valence-electron chi connectivity index (χ0n) is 15.5. The highest BCUT2D eigenvalue weighted by molar-refractivity contribution is 7.62. The number of carbonyl (C=O) groups is 1. The second-order valence-electron chi connectivity index (χ2n) is 6.51. The summed E-state index contributed by atoms with van der Waals surface area (Å²) in [6, 6.07) is 7.43. The van der Waals surface area contributed by atoms with Gasteiger partial charge in [-0.2, -0.15) is 8.42 Å². The normalized spacial score (nSPS) is 15.4. The van der Waals surface area contributed by atoms with Crippen LogP contribution in [0.5, 0.6) is 0 Å². The number of rotatable bonds is 4. The highest BCUT2D eigenvalue weighted by Gasteiger charge is 2.14. The number of benzene rings is 1. The van der Waals surface area contributed by atoms with Crippen molar-refractivity contribution in [2.24, 2.45) is 4.36 Å². The Hall–Kier alpha value is -2.91. The summed E-state index contributed by atoms with van der Waals surface area (Å²) < 4.78 is 23.7. The SMILES string of the molecule is CN1CCCN(c2cncc(-c3cccc(/C=C/C(=O)N=S(=O)=O)c3)n2)CC1. The van der Waals surface area contributed by atoms with Crippen LogP contribution in [-0.4, -0.2) is 62.4 Å². The number of nitrogens with zero attached hydrogens (tertiary/aromatic N) is 5. The predicted octanol–water partition coefficient (Wildman–Crippen LogP) is 1.89. The number of hydrogen-bond acceptors (Lipinski definition) is 7. The minimum atomic E-state index is -2.75. The Morgan fingerprint density at radius 1 is 1.18 bits per heavy atom. The molecule has 1 saturated heterocycles. The molecular formula is C19H21N5O3S. The van der Waals surface area contributed by atoms with Crippen LogP contribution in [0.15, 0.2) is 47.1 Å². The lowest BCUT2D eigenvalue weighted by Gasteiger charge is -2.21. The number of amides is 1. The molecule has 1 aromatic carbocycles. The van der Waals surface area contributed by atoms with Crippen molar-refractivity contribution in [1.82, 2.24) is 14.9 Å². The van der Waals surface area contributed by atoms with E-state index in [2.05, 4.69) is 26.2 Å². The maximum absolute atomic E-state index is 11.4. The Labute approximate surface area is 165 Å². The van der Waals surface area contributed by atoms with Gasteiger partial charge in [0.15, 0.2) is 0 Å². The maximum Gasteiger partial charge on any atom is 0.319 e. The summed E-state index contributed by atoms with van der Waals surface area (Å²) in [5.41, 5.74) is 2.34. The van der Waals surface area contributed by atoms with E-state index in [0.717, 1.165) is 61.3 Å². The van der Waals surface area contributed by atoms with Crippen LogP contribution in [0.2, 0.25) is 0 Å². The monoisotopic (exact) mass is 399 g/mol. The molecule has 0 saturated carbocycles. The molecule has 146 valence electrons. The number of aromatic nitrogens is 2. The average molecular weight is 399 g/mol. The van der Waals surface area contributed by atoms with Crippen LogP contribution in [0.4, 0.5) is 5.82 Å². The standard InChI is InChI=1S/C19H21N5O3S/c1-23-8-3-9-24(11-10-23)18-14-20-13-17(21-18)16-5-2-4-15(12-16)6-7-19(25)22-28(26)27/h2,4-7,12-14H,3,8-11H2,1H3/b7-6+. The number of hydrogen-bond donors (Lipinski definition) is 0. The van der Waals surface area contributed by atoms with Crippen molar-refractivity contribution in [1.29, 1.82) is 0 Å². The molecule has 1 amide bonds. The van der Waals surface area contributed by atoms with E-state index in [1.54, 1.807) is 12.4 Å². The van der Waals surface area contributed by atoms with E-state index >= 15 is 0 Å². The van der Waals surface area contributed by atoms with E-state index in [-0.39, 0.29) is 0 Å². The van der Waals surface area contributed by atoms with E-state index in [4.69, 9.17) is 4.98 Å². The van der Waals surface area contributed by atoms with E-state index in [1.165, 1.54) is 6.08 Å². The van der Waals surface area contributed by atoms with Gasteiger partial charge in [0.05, 0.1) is 18.1 Å². The van der Waals surface area contributed by atoms with Crippen molar-refractivity contribution < 1.29 is 13.2 Å². The van der Waals surface area contributed by atoms with Crippen LogP contribution >= 0.6 is 0 Å². The molecule has 2 heterocycles. The first-order valence-corrected chi connectivity index (χ1v) is 9.93. The molecule has 1 aromatic heterocycles. The Morgan fingerprint density at radius 3 is 2.86 bits per heavy atom. The van der Waals surface area contributed by atoms with E-state index in [1.807, 2.05) is 24.3 Å². The van der Waals surface area contributed by atoms with E-state index < -0.39 is 16.4 Å². The van der Waals surface area contributed by atoms with Crippen LogP contribution in [0.1, 0.15) is 12.0 Å². The molecule has 0 radical (unpaired) electrons. The molecule has 8 nitrogen and oxygen atoms in total. The highest BCUT2D eigenvalue weighted by Crippen LogP contribution is 2.22. The molecule has 0 aliphatic carbocycles. The summed E-state index contributed by atoms with van der Waals surface area (Å²) >= 11 is 0. The third kappa shape index (κ3) is 5.54. The fourth-order valence-electron chi connectivity index (χ4n) is 3.00. The minimum Gasteiger partial charge on any atom is -0.354 e. The van der Waals surface area contributed by atoms with Crippen LogP contribution in [0.25, 0.3) is 17.3 Å². The van der Waals surface area contributed by atoms with Gasteiger partial charge in [-0.3, -0.25) is 9.78 Å². The lowest BCUT2D eigenvalue weighted by atomic mass is 10.1. The van der Waals surface area contributed by atoms with Gasteiger partial charge >= 0.3 is 10.5 Å². The van der Waals surface area contributed by atoms with Gasteiger partial charge in [0.1, 0.15) is 5.82 Å². The van der Waals surface area contributed by atoms with Crippen molar-refractivity contribution in [2.45, 2.75) is 6.42 Å². The zero-order valence-corrected chi connectivity index (χ0v) is 16.3. The molecule has 0 unspecified atom stereocenters. The molecule has 28 heavy (non-hydrogen) atoms.